The van der Waals surface area contributed by atoms with Crippen LogP contribution in [0.1, 0.15) is 36.7 Å². The monoisotopic (exact) mass is 315 g/mol. The van der Waals surface area contributed by atoms with Crippen LogP contribution in [0.5, 0.6) is 0 Å². The van der Waals surface area contributed by atoms with Gasteiger partial charge in [-0.3, -0.25) is 9.48 Å². The van der Waals surface area contributed by atoms with Crippen molar-refractivity contribution in [2.45, 2.75) is 32.7 Å². The number of hydrogen-bond donors (Lipinski definition) is 3. The molecular weight excluding hydrogens is 294 g/mol. The van der Waals surface area contributed by atoms with E-state index in [0.717, 1.165) is 23.9 Å². The van der Waals surface area contributed by atoms with Gasteiger partial charge in [-0.15, -0.1) is 0 Å². The molecule has 0 unspecified atom stereocenters. The molecule has 1 aliphatic rings. The van der Waals surface area contributed by atoms with Crippen molar-refractivity contribution in [1.82, 2.24) is 15.1 Å². The second-order valence-corrected chi connectivity index (χ2v) is 5.95. The molecule has 4 N–H and O–H groups in total. The van der Waals surface area contributed by atoms with Crippen LogP contribution in [0.2, 0.25) is 0 Å². The maximum atomic E-state index is 11.8. The standard InChI is InChI=1S/C16H21N5O2/c1-2-7-18-16(23)19-11-5-6-12-13(8-11)21(9-10-3-4-10)20-14(12)15(17)22/h5-6,8,10H,2-4,7,9H2,1H3,(H2,17,22)(H2,18,19,23). The first-order valence-corrected chi connectivity index (χ1v) is 7.93. The van der Waals surface area contributed by atoms with Gasteiger partial charge in [-0.1, -0.05) is 6.92 Å². The summed E-state index contributed by atoms with van der Waals surface area (Å²) in [6.45, 7) is 3.39. The van der Waals surface area contributed by atoms with Gasteiger partial charge in [-0.2, -0.15) is 5.10 Å². The van der Waals surface area contributed by atoms with Crippen LogP contribution in [-0.4, -0.2) is 28.3 Å². The first kappa shape index (κ1) is 15.3. The Morgan fingerprint density at radius 1 is 1.39 bits per heavy atom. The van der Waals surface area contributed by atoms with Crippen LogP contribution in [0, 0.1) is 5.92 Å². The van der Waals surface area contributed by atoms with Gasteiger partial charge in [0.05, 0.1) is 5.52 Å². The summed E-state index contributed by atoms with van der Waals surface area (Å²) in [5.74, 6) is 0.0780. The van der Waals surface area contributed by atoms with E-state index in [4.69, 9.17) is 5.73 Å². The Bertz CT molecular complexity index is 748. The van der Waals surface area contributed by atoms with E-state index >= 15 is 0 Å². The van der Waals surface area contributed by atoms with Crippen molar-refractivity contribution >= 4 is 28.5 Å². The number of benzene rings is 1. The van der Waals surface area contributed by atoms with E-state index in [2.05, 4.69) is 15.7 Å². The fourth-order valence-corrected chi connectivity index (χ4v) is 2.53. The number of urea groups is 1. The van der Waals surface area contributed by atoms with Gasteiger partial charge in [0.1, 0.15) is 0 Å². The van der Waals surface area contributed by atoms with Crippen LogP contribution >= 0.6 is 0 Å². The van der Waals surface area contributed by atoms with Crippen molar-refractivity contribution in [3.8, 4) is 0 Å². The molecule has 0 atom stereocenters. The summed E-state index contributed by atoms with van der Waals surface area (Å²) in [6, 6.07) is 5.13. The van der Waals surface area contributed by atoms with Crippen molar-refractivity contribution in [3.05, 3.63) is 23.9 Å². The Morgan fingerprint density at radius 2 is 2.17 bits per heavy atom. The highest BCUT2D eigenvalue weighted by Crippen LogP contribution is 2.32. The third-order valence-electron chi connectivity index (χ3n) is 3.91. The third-order valence-corrected chi connectivity index (χ3v) is 3.91. The molecule has 1 saturated carbocycles. The largest absolute Gasteiger partial charge is 0.364 e. The molecule has 122 valence electrons. The number of aromatic nitrogens is 2. The molecule has 0 radical (unpaired) electrons. The highest BCUT2D eigenvalue weighted by atomic mass is 16.2. The summed E-state index contributed by atoms with van der Waals surface area (Å²) < 4.78 is 1.82. The zero-order chi connectivity index (χ0) is 16.4. The molecule has 1 heterocycles. The Balaban J connectivity index is 1.90. The number of primary amides is 1. The van der Waals surface area contributed by atoms with Gasteiger partial charge in [-0.25, -0.2) is 4.79 Å². The minimum atomic E-state index is -0.536. The molecule has 0 spiro atoms. The number of anilines is 1. The van der Waals surface area contributed by atoms with E-state index in [0.29, 0.717) is 18.2 Å². The number of amides is 3. The average Bonchev–Trinajstić information content (AvgIpc) is 3.26. The third kappa shape index (κ3) is 3.44. The lowest BCUT2D eigenvalue weighted by Gasteiger charge is -2.08. The number of carbonyl (C=O) groups excluding carboxylic acids is 2. The first-order valence-electron chi connectivity index (χ1n) is 7.93. The van der Waals surface area contributed by atoms with Crippen LogP contribution < -0.4 is 16.4 Å². The van der Waals surface area contributed by atoms with Gasteiger partial charge in [-0.05, 0) is 43.4 Å². The van der Waals surface area contributed by atoms with Crippen LogP contribution in [0.25, 0.3) is 10.9 Å². The number of nitrogens with zero attached hydrogens (tertiary/aromatic N) is 2. The highest BCUT2D eigenvalue weighted by molar-refractivity contribution is 6.05. The molecule has 3 rings (SSSR count). The average molecular weight is 315 g/mol. The van der Waals surface area contributed by atoms with E-state index in [1.165, 1.54) is 12.8 Å². The fraction of sp³-hybridized carbons (Fsp3) is 0.438. The lowest BCUT2D eigenvalue weighted by Crippen LogP contribution is -2.29. The van der Waals surface area contributed by atoms with E-state index in [-0.39, 0.29) is 11.7 Å². The van der Waals surface area contributed by atoms with E-state index in [1.54, 1.807) is 12.1 Å². The number of carbonyl (C=O) groups is 2. The summed E-state index contributed by atoms with van der Waals surface area (Å²) in [7, 11) is 0. The molecular formula is C16H21N5O2. The van der Waals surface area contributed by atoms with Gasteiger partial charge in [0.2, 0.25) is 0 Å². The Hall–Kier alpha value is -2.57. The number of hydrogen-bond acceptors (Lipinski definition) is 3. The van der Waals surface area contributed by atoms with Crippen LogP contribution in [-0.2, 0) is 6.54 Å². The number of nitrogens with one attached hydrogen (secondary N) is 2. The number of nitrogens with two attached hydrogens (primary N) is 1. The summed E-state index contributed by atoms with van der Waals surface area (Å²) in [5.41, 5.74) is 7.18. The topological polar surface area (TPSA) is 102 Å². The molecule has 7 heteroatoms. The lowest BCUT2D eigenvalue weighted by molar-refractivity contribution is 0.0996. The van der Waals surface area contributed by atoms with E-state index < -0.39 is 5.91 Å². The second-order valence-electron chi connectivity index (χ2n) is 5.95. The lowest BCUT2D eigenvalue weighted by atomic mass is 10.2. The predicted molar refractivity (Wildman–Crippen MR) is 88.3 cm³/mol. The molecule has 1 aliphatic carbocycles. The zero-order valence-corrected chi connectivity index (χ0v) is 13.1. The summed E-state index contributed by atoms with van der Waals surface area (Å²) >= 11 is 0. The minimum absolute atomic E-state index is 0.241. The second kappa shape index (κ2) is 6.28. The van der Waals surface area contributed by atoms with Crippen molar-refractivity contribution in [2.75, 3.05) is 11.9 Å². The Labute approximate surface area is 134 Å². The van der Waals surface area contributed by atoms with Gasteiger partial charge in [0, 0.05) is 24.2 Å². The molecule has 1 fully saturated rings. The van der Waals surface area contributed by atoms with Crippen molar-refractivity contribution in [2.24, 2.45) is 11.7 Å². The number of rotatable bonds is 6. The Kier molecular flexibility index (Phi) is 4.18. The van der Waals surface area contributed by atoms with E-state index in [9.17, 15) is 9.59 Å². The zero-order valence-electron chi connectivity index (χ0n) is 13.1. The van der Waals surface area contributed by atoms with Crippen molar-refractivity contribution in [1.29, 1.82) is 0 Å². The van der Waals surface area contributed by atoms with Gasteiger partial charge in [0.15, 0.2) is 5.69 Å². The molecule has 23 heavy (non-hydrogen) atoms. The molecule has 0 aliphatic heterocycles. The smallest absolute Gasteiger partial charge is 0.319 e. The minimum Gasteiger partial charge on any atom is -0.364 e. The molecule has 3 amide bonds. The van der Waals surface area contributed by atoms with Crippen molar-refractivity contribution in [3.63, 3.8) is 0 Å². The first-order chi connectivity index (χ1) is 11.1. The van der Waals surface area contributed by atoms with Crippen LogP contribution in [0.3, 0.4) is 0 Å². The molecule has 1 aromatic carbocycles. The molecule has 2 aromatic rings. The SMILES string of the molecule is CCCNC(=O)Nc1ccc2c(C(N)=O)nn(CC3CC3)c2c1. The highest BCUT2D eigenvalue weighted by Gasteiger charge is 2.24. The van der Waals surface area contributed by atoms with Crippen LogP contribution in [0.4, 0.5) is 10.5 Å². The van der Waals surface area contributed by atoms with Crippen molar-refractivity contribution < 1.29 is 9.59 Å². The fourth-order valence-electron chi connectivity index (χ4n) is 2.53. The predicted octanol–water partition coefficient (Wildman–Crippen LogP) is 2.08. The summed E-state index contributed by atoms with van der Waals surface area (Å²) in [6.07, 6.45) is 3.25. The Morgan fingerprint density at radius 3 is 2.83 bits per heavy atom. The molecule has 7 nitrogen and oxygen atoms in total. The maximum absolute atomic E-state index is 11.8. The van der Waals surface area contributed by atoms with Crippen LogP contribution in [0.15, 0.2) is 18.2 Å². The normalized spacial score (nSPS) is 14.0. The van der Waals surface area contributed by atoms with Gasteiger partial charge in [0.25, 0.3) is 5.91 Å². The summed E-state index contributed by atoms with van der Waals surface area (Å²) in [5, 5.41) is 10.6. The maximum Gasteiger partial charge on any atom is 0.319 e. The van der Waals surface area contributed by atoms with Gasteiger partial charge >= 0.3 is 6.03 Å². The molecule has 1 aromatic heterocycles. The molecule has 0 bridgehead atoms. The summed E-state index contributed by atoms with van der Waals surface area (Å²) in [4.78, 5) is 23.4. The molecule has 0 saturated heterocycles. The number of fused-ring (bicyclic) bond motifs is 1. The van der Waals surface area contributed by atoms with E-state index in [1.807, 2.05) is 17.7 Å². The van der Waals surface area contributed by atoms with Gasteiger partial charge < -0.3 is 16.4 Å². The quantitative estimate of drug-likeness (QED) is 0.760.